The number of methoxy groups -OCH3 is 1. The van der Waals surface area contributed by atoms with Crippen molar-refractivity contribution in [2.75, 3.05) is 33.8 Å². The zero-order chi connectivity index (χ0) is 32.2. The molecule has 12 nitrogen and oxygen atoms in total. The molecule has 2 aromatic carbocycles. The normalized spacial score (nSPS) is 18.9. The Labute approximate surface area is 261 Å². The van der Waals surface area contributed by atoms with E-state index >= 15 is 0 Å². The molecule has 0 radical (unpaired) electrons. The number of pyridine rings is 1. The summed E-state index contributed by atoms with van der Waals surface area (Å²) in [5, 5.41) is 9.95. The first-order valence-electron chi connectivity index (χ1n) is 14.6. The standard InChI is InChI=1S/C32H36N4O6.CH2O2/c1-35-20-30(37)34-26-12-14-36(32(39)17-23-6-4-13-33-18-23)19-29(26)41-21-24-5-3-7-25(15-24)42-27-10-8-22(9-11-31(35)38)16-28(27)40-2;2-1-3/h3-8,10,13,15-16,18,26,29H,9,11-12,14,17,19-21H2,1-2H3,(H,34,37);1H,(H,2,3)/t26-,29-;/m0./s1. The van der Waals surface area contributed by atoms with Gasteiger partial charge in [0, 0.05) is 39.0 Å². The monoisotopic (exact) mass is 618 g/mol. The van der Waals surface area contributed by atoms with Gasteiger partial charge in [0.15, 0.2) is 11.5 Å². The first-order chi connectivity index (χ1) is 21.8. The Morgan fingerprint density at radius 3 is 2.71 bits per heavy atom. The van der Waals surface area contributed by atoms with Crippen LogP contribution in [-0.2, 0) is 43.4 Å². The summed E-state index contributed by atoms with van der Waals surface area (Å²) in [6.45, 7) is 0.760. The number of carbonyl (C=O) groups is 4. The van der Waals surface area contributed by atoms with Gasteiger partial charge in [-0.2, -0.15) is 0 Å². The van der Waals surface area contributed by atoms with E-state index in [0.717, 1.165) is 16.7 Å². The molecule has 1 fully saturated rings. The van der Waals surface area contributed by atoms with E-state index in [1.807, 2.05) is 54.6 Å². The van der Waals surface area contributed by atoms with Crippen molar-refractivity contribution in [3.63, 3.8) is 0 Å². The number of amides is 3. The van der Waals surface area contributed by atoms with E-state index in [0.29, 0.717) is 43.2 Å². The maximum atomic E-state index is 13.1. The summed E-state index contributed by atoms with van der Waals surface area (Å²) < 4.78 is 18.1. The highest BCUT2D eigenvalue weighted by Crippen LogP contribution is 2.33. The van der Waals surface area contributed by atoms with Gasteiger partial charge < -0.3 is 34.4 Å². The predicted octanol–water partition coefficient (Wildman–Crippen LogP) is 2.83. The van der Waals surface area contributed by atoms with Crippen molar-refractivity contribution in [2.24, 2.45) is 0 Å². The van der Waals surface area contributed by atoms with Crippen molar-refractivity contribution < 1.29 is 38.5 Å². The molecular formula is C33H38N4O8. The Hall–Kier alpha value is -4.97. The maximum absolute atomic E-state index is 13.1. The molecule has 238 valence electrons. The van der Waals surface area contributed by atoms with Crippen LogP contribution in [0.4, 0.5) is 0 Å². The lowest BCUT2D eigenvalue weighted by Gasteiger charge is -2.39. The molecule has 0 unspecified atom stereocenters. The Bertz CT molecular complexity index is 1470. The van der Waals surface area contributed by atoms with E-state index in [2.05, 4.69) is 10.3 Å². The van der Waals surface area contributed by atoms with Gasteiger partial charge in [-0.15, -0.1) is 0 Å². The van der Waals surface area contributed by atoms with Crippen molar-refractivity contribution in [3.8, 4) is 17.2 Å². The fourth-order valence-corrected chi connectivity index (χ4v) is 5.25. The largest absolute Gasteiger partial charge is 0.493 e. The van der Waals surface area contributed by atoms with Crippen LogP contribution in [0.5, 0.6) is 17.2 Å². The van der Waals surface area contributed by atoms with Crippen molar-refractivity contribution in [1.29, 1.82) is 0 Å². The van der Waals surface area contributed by atoms with Crippen molar-refractivity contribution in [3.05, 3.63) is 83.7 Å². The van der Waals surface area contributed by atoms with Crippen LogP contribution < -0.4 is 14.8 Å². The number of aryl methyl sites for hydroxylation is 1. The number of likely N-dealkylation sites (tertiary alicyclic amines) is 1. The summed E-state index contributed by atoms with van der Waals surface area (Å²) in [5.41, 5.74) is 2.66. The van der Waals surface area contributed by atoms with Gasteiger partial charge in [0.1, 0.15) is 5.75 Å². The van der Waals surface area contributed by atoms with Gasteiger partial charge in [0.2, 0.25) is 17.7 Å². The molecule has 2 atom stereocenters. The van der Waals surface area contributed by atoms with Gasteiger partial charge in [0.05, 0.1) is 38.8 Å². The zero-order valence-corrected chi connectivity index (χ0v) is 25.4. The van der Waals surface area contributed by atoms with Crippen LogP contribution in [-0.4, -0.2) is 90.0 Å². The van der Waals surface area contributed by atoms with E-state index in [1.165, 1.54) is 4.90 Å². The summed E-state index contributed by atoms with van der Waals surface area (Å²) in [6.07, 6.45) is 4.45. The lowest BCUT2D eigenvalue weighted by atomic mass is 10.0. The quantitative estimate of drug-likeness (QED) is 0.423. The number of likely N-dealkylation sites (N-methyl/N-ethyl adjacent to an activating group) is 1. The lowest BCUT2D eigenvalue weighted by molar-refractivity contribution is -0.139. The molecule has 2 N–H and O–H groups in total. The van der Waals surface area contributed by atoms with Crippen LogP contribution in [0, 0.1) is 0 Å². The van der Waals surface area contributed by atoms with Gasteiger partial charge >= 0.3 is 0 Å². The molecule has 4 heterocycles. The maximum Gasteiger partial charge on any atom is 0.290 e. The molecule has 1 aromatic heterocycles. The van der Waals surface area contributed by atoms with Gasteiger partial charge in [-0.25, -0.2) is 0 Å². The van der Waals surface area contributed by atoms with E-state index < -0.39 is 6.10 Å². The number of nitrogens with one attached hydrogen (secondary N) is 1. The zero-order valence-electron chi connectivity index (χ0n) is 25.4. The van der Waals surface area contributed by atoms with E-state index in [1.54, 1.807) is 31.5 Å². The molecule has 0 spiro atoms. The van der Waals surface area contributed by atoms with Crippen molar-refractivity contribution in [2.45, 2.75) is 44.4 Å². The molecule has 3 amide bonds. The van der Waals surface area contributed by atoms with Crippen LogP contribution in [0.15, 0.2) is 67.0 Å². The molecule has 0 aliphatic carbocycles. The minimum atomic E-state index is -0.444. The minimum Gasteiger partial charge on any atom is -0.493 e. The number of nitrogens with zero attached hydrogens (tertiary/aromatic N) is 3. The summed E-state index contributed by atoms with van der Waals surface area (Å²) in [6, 6.07) is 16.6. The first-order valence-corrected chi connectivity index (χ1v) is 14.6. The molecule has 3 aromatic rings. The smallest absolute Gasteiger partial charge is 0.290 e. The number of rotatable bonds is 3. The number of hydrogen-bond acceptors (Lipinski definition) is 8. The van der Waals surface area contributed by atoms with Gasteiger partial charge in [-0.1, -0.05) is 24.3 Å². The van der Waals surface area contributed by atoms with Crippen LogP contribution >= 0.6 is 0 Å². The highest BCUT2D eigenvalue weighted by Gasteiger charge is 2.33. The Balaban J connectivity index is 0.00000148. The van der Waals surface area contributed by atoms with Gasteiger partial charge in [0.25, 0.3) is 6.47 Å². The third-order valence-electron chi connectivity index (χ3n) is 7.59. The molecule has 6 rings (SSSR count). The molecule has 45 heavy (non-hydrogen) atoms. The number of fused-ring (bicyclic) bond motifs is 9. The summed E-state index contributed by atoms with van der Waals surface area (Å²) in [5.74, 6) is 1.32. The molecule has 3 aliphatic rings. The van der Waals surface area contributed by atoms with Crippen LogP contribution in [0.1, 0.15) is 29.5 Å². The average molecular weight is 619 g/mol. The Morgan fingerprint density at radius 2 is 1.96 bits per heavy atom. The molecule has 1 saturated heterocycles. The Kier molecular flexibility index (Phi) is 11.9. The SMILES string of the molecule is COc1cc2ccc1Oc1cccc(c1)CO[C@H]1CN(C(=O)Cc3cccnc3)CC[C@@H]1NC(=O)CN(C)C(=O)CC2.O=CO. The van der Waals surface area contributed by atoms with E-state index in [-0.39, 0.29) is 56.2 Å². The number of hydrogen-bond donors (Lipinski definition) is 2. The van der Waals surface area contributed by atoms with Crippen molar-refractivity contribution in [1.82, 2.24) is 20.1 Å². The topological polar surface area (TPSA) is 148 Å². The Morgan fingerprint density at radius 1 is 1.13 bits per heavy atom. The summed E-state index contributed by atoms with van der Waals surface area (Å²) in [4.78, 5) is 54.7. The molecule has 0 saturated carbocycles. The third-order valence-corrected chi connectivity index (χ3v) is 7.59. The fraction of sp³-hybridized carbons (Fsp3) is 0.364. The number of carbonyl (C=O) groups excluding carboxylic acids is 3. The second-order valence-corrected chi connectivity index (χ2v) is 10.8. The lowest BCUT2D eigenvalue weighted by Crippen LogP contribution is -2.57. The summed E-state index contributed by atoms with van der Waals surface area (Å²) in [7, 11) is 3.21. The van der Waals surface area contributed by atoms with Gasteiger partial charge in [-0.05, 0) is 59.9 Å². The second kappa shape index (κ2) is 16.2. The van der Waals surface area contributed by atoms with Crippen LogP contribution in [0.25, 0.3) is 0 Å². The average Bonchev–Trinajstić information content (AvgIpc) is 3.04. The third kappa shape index (κ3) is 9.51. The number of benzene rings is 2. The number of aromatic nitrogens is 1. The summed E-state index contributed by atoms with van der Waals surface area (Å²) >= 11 is 0. The molecule has 3 aliphatic heterocycles. The molecule has 4 bridgehead atoms. The van der Waals surface area contributed by atoms with E-state index in [9.17, 15) is 14.4 Å². The fourth-order valence-electron chi connectivity index (χ4n) is 5.25. The first kappa shape index (κ1) is 32.9. The minimum absolute atomic E-state index is 0.0209. The molecular weight excluding hydrogens is 580 g/mol. The van der Waals surface area contributed by atoms with Crippen LogP contribution in [0.2, 0.25) is 0 Å². The highest BCUT2D eigenvalue weighted by molar-refractivity contribution is 5.85. The second-order valence-electron chi connectivity index (χ2n) is 10.8. The number of ether oxygens (including phenoxy) is 3. The van der Waals surface area contributed by atoms with Crippen molar-refractivity contribution >= 4 is 24.2 Å². The van der Waals surface area contributed by atoms with Gasteiger partial charge in [-0.3, -0.25) is 24.2 Å². The number of carboxylic acid groups (broad SMARTS) is 1. The number of piperidine rings is 1. The van der Waals surface area contributed by atoms with Crippen LogP contribution in [0.3, 0.4) is 0 Å². The predicted molar refractivity (Wildman–Crippen MR) is 164 cm³/mol. The van der Waals surface area contributed by atoms with E-state index in [4.69, 9.17) is 24.1 Å². The molecule has 12 heteroatoms. The highest BCUT2D eigenvalue weighted by atomic mass is 16.5.